The van der Waals surface area contributed by atoms with Crippen LogP contribution >= 0.6 is 23.2 Å². The maximum absolute atomic E-state index is 13.1. The van der Waals surface area contributed by atoms with Gasteiger partial charge in [-0.2, -0.15) is 5.26 Å². The Kier molecular flexibility index (Phi) is 3.71. The van der Waals surface area contributed by atoms with Crippen molar-refractivity contribution in [2.24, 2.45) is 0 Å². The van der Waals surface area contributed by atoms with Gasteiger partial charge in [-0.05, 0) is 36.4 Å². The van der Waals surface area contributed by atoms with E-state index in [1.165, 1.54) is 24.3 Å². The summed E-state index contributed by atoms with van der Waals surface area (Å²) in [4.78, 5) is 0. The van der Waals surface area contributed by atoms with Gasteiger partial charge in [0.25, 0.3) is 0 Å². The fourth-order valence-electron chi connectivity index (χ4n) is 1.42. The van der Waals surface area contributed by atoms with Crippen LogP contribution in [0, 0.1) is 17.1 Å². The summed E-state index contributed by atoms with van der Waals surface area (Å²) in [6, 6.07) is 10.8. The van der Waals surface area contributed by atoms with Crippen molar-refractivity contribution in [3.8, 4) is 6.07 Å². The maximum atomic E-state index is 13.1. The van der Waals surface area contributed by atoms with Crippen molar-refractivity contribution in [2.45, 2.75) is 0 Å². The third kappa shape index (κ3) is 2.73. The van der Waals surface area contributed by atoms with Crippen LogP contribution in [0.3, 0.4) is 0 Å². The summed E-state index contributed by atoms with van der Waals surface area (Å²) in [5.41, 5.74) is 1.43. The third-order valence-corrected chi connectivity index (χ3v) is 2.94. The van der Waals surface area contributed by atoms with Gasteiger partial charge >= 0.3 is 0 Å². The molecule has 0 saturated heterocycles. The Morgan fingerprint density at radius 3 is 2.44 bits per heavy atom. The van der Waals surface area contributed by atoms with Crippen LogP contribution in [0.25, 0.3) is 0 Å². The van der Waals surface area contributed by atoms with Crippen LogP contribution in [-0.2, 0) is 0 Å². The summed E-state index contributed by atoms with van der Waals surface area (Å²) in [6.07, 6.45) is 0. The van der Waals surface area contributed by atoms with E-state index in [1.54, 1.807) is 12.1 Å². The molecule has 0 spiro atoms. The predicted molar refractivity (Wildman–Crippen MR) is 70.9 cm³/mol. The van der Waals surface area contributed by atoms with Gasteiger partial charge in [0.1, 0.15) is 5.82 Å². The zero-order chi connectivity index (χ0) is 13.1. The minimum absolute atomic E-state index is 0.370. The van der Waals surface area contributed by atoms with E-state index >= 15 is 0 Å². The Balaban J connectivity index is 2.34. The van der Waals surface area contributed by atoms with Gasteiger partial charge in [-0.15, -0.1) is 0 Å². The minimum atomic E-state index is -0.397. The third-order valence-electron chi connectivity index (χ3n) is 2.30. The first-order chi connectivity index (χ1) is 8.60. The van der Waals surface area contributed by atoms with Crippen LogP contribution in [0.5, 0.6) is 0 Å². The van der Waals surface area contributed by atoms with Crippen molar-refractivity contribution in [1.82, 2.24) is 0 Å². The Morgan fingerprint density at radius 1 is 1.00 bits per heavy atom. The Bertz CT molecular complexity index is 635. The van der Waals surface area contributed by atoms with E-state index < -0.39 is 5.82 Å². The van der Waals surface area contributed by atoms with Gasteiger partial charge in [0.2, 0.25) is 0 Å². The van der Waals surface area contributed by atoms with E-state index in [0.29, 0.717) is 27.0 Å². The lowest BCUT2D eigenvalue weighted by Crippen LogP contribution is -1.93. The predicted octanol–water partition coefficient (Wildman–Crippen LogP) is 4.75. The molecule has 0 bridgehead atoms. The highest BCUT2D eigenvalue weighted by atomic mass is 35.5. The largest absolute Gasteiger partial charge is 0.353 e. The van der Waals surface area contributed by atoms with Gasteiger partial charge in [0, 0.05) is 0 Å². The number of hydrogen-bond donors (Lipinski definition) is 1. The topological polar surface area (TPSA) is 35.8 Å². The molecule has 0 radical (unpaired) electrons. The van der Waals surface area contributed by atoms with E-state index in [-0.39, 0.29) is 0 Å². The summed E-state index contributed by atoms with van der Waals surface area (Å²) in [5, 5.41) is 12.4. The first-order valence-electron chi connectivity index (χ1n) is 5.02. The number of nitrogens with zero attached hydrogens (tertiary/aromatic N) is 1. The van der Waals surface area contributed by atoms with Crippen molar-refractivity contribution >= 4 is 34.6 Å². The highest BCUT2D eigenvalue weighted by Gasteiger charge is 2.06. The lowest BCUT2D eigenvalue weighted by Gasteiger charge is -2.10. The van der Waals surface area contributed by atoms with E-state index in [2.05, 4.69) is 5.32 Å². The fraction of sp³-hybridized carbons (Fsp3) is 0. The molecule has 0 aliphatic heterocycles. The summed E-state index contributed by atoms with van der Waals surface area (Å²) in [6.45, 7) is 0. The normalized spacial score (nSPS) is 9.89. The molecular weight excluding hydrogens is 274 g/mol. The monoisotopic (exact) mass is 280 g/mol. The molecule has 5 heteroatoms. The number of anilines is 2. The number of halogens is 3. The van der Waals surface area contributed by atoms with Crippen molar-refractivity contribution < 1.29 is 4.39 Å². The van der Waals surface area contributed by atoms with E-state index in [9.17, 15) is 4.39 Å². The Hall–Kier alpha value is -1.76. The minimum Gasteiger partial charge on any atom is -0.353 e. The van der Waals surface area contributed by atoms with Crippen molar-refractivity contribution in [3.05, 3.63) is 57.8 Å². The quantitative estimate of drug-likeness (QED) is 0.862. The van der Waals surface area contributed by atoms with Crippen LogP contribution in [-0.4, -0.2) is 0 Å². The molecular formula is C13H7Cl2FN2. The second-order valence-electron chi connectivity index (χ2n) is 3.56. The molecule has 0 fully saturated rings. The van der Waals surface area contributed by atoms with Crippen LogP contribution in [0.1, 0.15) is 5.56 Å². The SMILES string of the molecule is N#Cc1ccc(Nc2cc(F)ccc2Cl)c(Cl)c1. The summed E-state index contributed by atoms with van der Waals surface area (Å²) in [7, 11) is 0. The molecule has 0 unspecified atom stereocenters. The van der Waals surface area contributed by atoms with Crippen molar-refractivity contribution in [1.29, 1.82) is 5.26 Å². The molecule has 2 aromatic carbocycles. The molecule has 0 aromatic heterocycles. The fourth-order valence-corrected chi connectivity index (χ4v) is 1.82. The van der Waals surface area contributed by atoms with Crippen molar-refractivity contribution in [3.63, 3.8) is 0 Å². The smallest absolute Gasteiger partial charge is 0.125 e. The Labute approximate surface area is 114 Å². The van der Waals surface area contributed by atoms with Crippen LogP contribution in [0.2, 0.25) is 10.0 Å². The van der Waals surface area contributed by atoms with Gasteiger partial charge in [0.15, 0.2) is 0 Å². The highest BCUT2D eigenvalue weighted by Crippen LogP contribution is 2.30. The maximum Gasteiger partial charge on any atom is 0.125 e. The molecule has 0 aliphatic rings. The molecule has 0 aliphatic carbocycles. The first-order valence-corrected chi connectivity index (χ1v) is 5.77. The number of nitrogens with one attached hydrogen (secondary N) is 1. The summed E-state index contributed by atoms with van der Waals surface area (Å²) >= 11 is 11.9. The van der Waals surface area contributed by atoms with Crippen LogP contribution in [0.4, 0.5) is 15.8 Å². The average Bonchev–Trinajstić information content (AvgIpc) is 2.36. The Morgan fingerprint density at radius 2 is 1.78 bits per heavy atom. The lowest BCUT2D eigenvalue weighted by molar-refractivity contribution is 0.628. The average molecular weight is 281 g/mol. The van der Waals surface area contributed by atoms with Crippen LogP contribution in [0.15, 0.2) is 36.4 Å². The zero-order valence-electron chi connectivity index (χ0n) is 9.05. The standard InChI is InChI=1S/C13H7Cl2FN2/c14-10-3-2-9(16)6-13(10)18-12-4-1-8(7-17)5-11(12)15/h1-6,18H. The zero-order valence-corrected chi connectivity index (χ0v) is 10.6. The van der Waals surface area contributed by atoms with E-state index in [4.69, 9.17) is 28.5 Å². The van der Waals surface area contributed by atoms with Crippen molar-refractivity contribution in [2.75, 3.05) is 5.32 Å². The van der Waals surface area contributed by atoms with Gasteiger partial charge < -0.3 is 5.32 Å². The second kappa shape index (κ2) is 5.26. The van der Waals surface area contributed by atoms with Gasteiger partial charge in [-0.25, -0.2) is 4.39 Å². The van der Waals surface area contributed by atoms with Crippen LogP contribution < -0.4 is 5.32 Å². The van der Waals surface area contributed by atoms with Gasteiger partial charge in [-0.1, -0.05) is 23.2 Å². The van der Waals surface area contributed by atoms with E-state index in [0.717, 1.165) is 0 Å². The first kappa shape index (κ1) is 12.7. The molecule has 2 aromatic rings. The number of benzene rings is 2. The number of nitriles is 1. The van der Waals surface area contributed by atoms with E-state index in [1.807, 2.05) is 6.07 Å². The molecule has 0 atom stereocenters. The molecule has 2 nitrogen and oxygen atoms in total. The number of hydrogen-bond acceptors (Lipinski definition) is 2. The second-order valence-corrected chi connectivity index (χ2v) is 4.37. The van der Waals surface area contributed by atoms with Gasteiger partial charge in [-0.3, -0.25) is 0 Å². The summed E-state index contributed by atoms with van der Waals surface area (Å²) < 4.78 is 13.1. The molecule has 0 amide bonds. The molecule has 2 rings (SSSR count). The molecule has 0 heterocycles. The highest BCUT2D eigenvalue weighted by molar-refractivity contribution is 6.34. The lowest BCUT2D eigenvalue weighted by atomic mass is 10.2. The number of rotatable bonds is 2. The molecule has 90 valence electrons. The molecule has 18 heavy (non-hydrogen) atoms. The molecule has 0 saturated carbocycles. The molecule has 1 N–H and O–H groups in total. The summed E-state index contributed by atoms with van der Waals surface area (Å²) in [5.74, 6) is -0.397. The van der Waals surface area contributed by atoms with Gasteiger partial charge in [0.05, 0.1) is 33.1 Å².